The van der Waals surface area contributed by atoms with Gasteiger partial charge in [0, 0.05) is 37.9 Å². The van der Waals surface area contributed by atoms with Crippen molar-refractivity contribution in [3.8, 4) is 11.5 Å². The van der Waals surface area contributed by atoms with Crippen LogP contribution < -0.4 is 4.90 Å². The third-order valence-corrected chi connectivity index (χ3v) is 4.93. The normalized spacial score (nSPS) is 16.6. The minimum atomic E-state index is 0.104. The monoisotopic (exact) mass is 349 g/mol. The van der Waals surface area contributed by atoms with Crippen molar-refractivity contribution < 1.29 is 4.42 Å². The van der Waals surface area contributed by atoms with E-state index in [0.717, 1.165) is 37.6 Å². The summed E-state index contributed by atoms with van der Waals surface area (Å²) in [6.07, 6.45) is 1.84. The van der Waals surface area contributed by atoms with E-state index in [1.807, 2.05) is 30.5 Å². The van der Waals surface area contributed by atoms with Crippen LogP contribution in [0.3, 0.4) is 0 Å². The van der Waals surface area contributed by atoms with Crippen LogP contribution in [-0.4, -0.2) is 46.3 Å². The summed E-state index contributed by atoms with van der Waals surface area (Å²) in [5.41, 5.74) is 2.18. The molecule has 1 aliphatic heterocycles. The molecule has 0 saturated carbocycles. The molecule has 134 valence electrons. The highest BCUT2D eigenvalue weighted by molar-refractivity contribution is 5.52. The standard InChI is InChI=1S/C20H23N5O/c1-15-6-8-17(9-7-15)20-23-22-19(26-20)16(2)24-11-13-25(14-12-24)18-5-3-4-10-21-18/h3-10,16H,11-14H2,1-2H3/t16-/m0/s1. The van der Waals surface area contributed by atoms with Crippen LogP contribution in [0.4, 0.5) is 5.82 Å². The Kier molecular flexibility index (Phi) is 4.67. The molecule has 3 heterocycles. The number of piperazine rings is 1. The first-order valence-corrected chi connectivity index (χ1v) is 9.01. The van der Waals surface area contributed by atoms with Crippen molar-refractivity contribution in [2.24, 2.45) is 0 Å². The van der Waals surface area contributed by atoms with E-state index < -0.39 is 0 Å². The van der Waals surface area contributed by atoms with Gasteiger partial charge < -0.3 is 9.32 Å². The molecule has 2 aromatic heterocycles. The van der Waals surface area contributed by atoms with Gasteiger partial charge in [-0.05, 0) is 38.1 Å². The van der Waals surface area contributed by atoms with Crippen molar-refractivity contribution in [2.45, 2.75) is 19.9 Å². The van der Waals surface area contributed by atoms with Gasteiger partial charge in [0.15, 0.2) is 0 Å². The molecule has 0 unspecified atom stereocenters. The van der Waals surface area contributed by atoms with Crippen LogP contribution in [0.2, 0.25) is 0 Å². The van der Waals surface area contributed by atoms with E-state index >= 15 is 0 Å². The fourth-order valence-corrected chi connectivity index (χ4v) is 3.25. The van der Waals surface area contributed by atoms with E-state index in [0.29, 0.717) is 11.8 Å². The fourth-order valence-electron chi connectivity index (χ4n) is 3.25. The van der Waals surface area contributed by atoms with E-state index in [4.69, 9.17) is 4.42 Å². The number of pyridine rings is 1. The highest BCUT2D eigenvalue weighted by Crippen LogP contribution is 2.25. The van der Waals surface area contributed by atoms with Crippen LogP contribution in [0.5, 0.6) is 0 Å². The second-order valence-corrected chi connectivity index (χ2v) is 6.70. The predicted molar refractivity (Wildman–Crippen MR) is 101 cm³/mol. The molecule has 0 N–H and O–H groups in total. The van der Waals surface area contributed by atoms with Crippen LogP contribution in [0.1, 0.15) is 24.4 Å². The maximum Gasteiger partial charge on any atom is 0.247 e. The number of hydrogen-bond acceptors (Lipinski definition) is 6. The van der Waals surface area contributed by atoms with Gasteiger partial charge in [0.05, 0.1) is 6.04 Å². The van der Waals surface area contributed by atoms with Gasteiger partial charge in [-0.15, -0.1) is 10.2 Å². The number of nitrogens with zero attached hydrogens (tertiary/aromatic N) is 5. The first-order chi connectivity index (χ1) is 12.7. The van der Waals surface area contributed by atoms with Gasteiger partial charge in [0.2, 0.25) is 11.8 Å². The highest BCUT2D eigenvalue weighted by Gasteiger charge is 2.26. The lowest BCUT2D eigenvalue weighted by atomic mass is 10.1. The second kappa shape index (κ2) is 7.25. The lowest BCUT2D eigenvalue weighted by Crippen LogP contribution is -2.47. The third-order valence-electron chi connectivity index (χ3n) is 4.93. The smallest absolute Gasteiger partial charge is 0.247 e. The van der Waals surface area contributed by atoms with E-state index in [1.165, 1.54) is 5.56 Å². The number of rotatable bonds is 4. The molecule has 6 nitrogen and oxygen atoms in total. The molecular weight excluding hydrogens is 326 g/mol. The van der Waals surface area contributed by atoms with E-state index in [-0.39, 0.29) is 6.04 Å². The zero-order valence-electron chi connectivity index (χ0n) is 15.2. The molecule has 6 heteroatoms. The molecule has 26 heavy (non-hydrogen) atoms. The van der Waals surface area contributed by atoms with Gasteiger partial charge in [0.1, 0.15) is 5.82 Å². The Hall–Kier alpha value is -2.73. The lowest BCUT2D eigenvalue weighted by Gasteiger charge is -2.37. The number of anilines is 1. The molecule has 0 aliphatic carbocycles. The van der Waals surface area contributed by atoms with Crippen LogP contribution in [0.25, 0.3) is 11.5 Å². The summed E-state index contributed by atoms with van der Waals surface area (Å²) in [6, 6.07) is 14.3. The summed E-state index contributed by atoms with van der Waals surface area (Å²) in [7, 11) is 0. The average molecular weight is 349 g/mol. The molecule has 1 atom stereocenters. The van der Waals surface area contributed by atoms with E-state index in [1.54, 1.807) is 0 Å². The van der Waals surface area contributed by atoms with Crippen molar-refractivity contribution in [3.05, 3.63) is 60.1 Å². The van der Waals surface area contributed by atoms with Crippen molar-refractivity contribution in [1.29, 1.82) is 0 Å². The number of aromatic nitrogens is 3. The summed E-state index contributed by atoms with van der Waals surface area (Å²) in [6.45, 7) is 7.97. The summed E-state index contributed by atoms with van der Waals surface area (Å²) in [4.78, 5) is 9.14. The Bertz CT molecular complexity index is 838. The minimum Gasteiger partial charge on any atom is -0.419 e. The lowest BCUT2D eigenvalue weighted by molar-refractivity contribution is 0.173. The quantitative estimate of drug-likeness (QED) is 0.720. The molecule has 0 spiro atoms. The maximum absolute atomic E-state index is 5.95. The Morgan fingerprint density at radius 3 is 2.42 bits per heavy atom. The molecule has 1 aromatic carbocycles. The van der Waals surface area contributed by atoms with Crippen molar-refractivity contribution in [3.63, 3.8) is 0 Å². The molecule has 0 radical (unpaired) electrons. The summed E-state index contributed by atoms with van der Waals surface area (Å²) >= 11 is 0. The Morgan fingerprint density at radius 1 is 0.962 bits per heavy atom. The number of benzene rings is 1. The van der Waals surface area contributed by atoms with Crippen molar-refractivity contribution in [2.75, 3.05) is 31.1 Å². The molecule has 1 aliphatic rings. The molecule has 4 rings (SSSR count). The zero-order chi connectivity index (χ0) is 17.9. The SMILES string of the molecule is Cc1ccc(-c2nnc([C@H](C)N3CCN(c4ccccn4)CC3)o2)cc1. The minimum absolute atomic E-state index is 0.104. The Labute approximate surface area is 153 Å². The topological polar surface area (TPSA) is 58.3 Å². The average Bonchev–Trinajstić information content (AvgIpc) is 3.19. The first-order valence-electron chi connectivity index (χ1n) is 9.01. The predicted octanol–water partition coefficient (Wildman–Crippen LogP) is 3.32. The van der Waals surface area contributed by atoms with Crippen LogP contribution in [0, 0.1) is 6.92 Å². The van der Waals surface area contributed by atoms with E-state index in [2.05, 4.69) is 57.0 Å². The fraction of sp³-hybridized carbons (Fsp3) is 0.350. The van der Waals surface area contributed by atoms with Crippen LogP contribution in [0.15, 0.2) is 53.1 Å². The highest BCUT2D eigenvalue weighted by atomic mass is 16.4. The summed E-state index contributed by atoms with van der Waals surface area (Å²) in [5, 5.41) is 8.51. The molecular formula is C20H23N5O. The summed E-state index contributed by atoms with van der Waals surface area (Å²) < 4.78 is 5.95. The van der Waals surface area contributed by atoms with Crippen LogP contribution >= 0.6 is 0 Å². The molecule has 0 bridgehead atoms. The first kappa shape index (κ1) is 16.7. The Morgan fingerprint density at radius 2 is 1.73 bits per heavy atom. The molecule has 1 saturated heterocycles. The van der Waals surface area contributed by atoms with Gasteiger partial charge in [-0.2, -0.15) is 0 Å². The zero-order valence-corrected chi connectivity index (χ0v) is 15.2. The van der Waals surface area contributed by atoms with Crippen LogP contribution in [-0.2, 0) is 0 Å². The number of hydrogen-bond donors (Lipinski definition) is 0. The van der Waals surface area contributed by atoms with Gasteiger partial charge in [-0.3, -0.25) is 4.90 Å². The van der Waals surface area contributed by atoms with Gasteiger partial charge in [-0.1, -0.05) is 23.8 Å². The summed E-state index contributed by atoms with van der Waals surface area (Å²) in [5.74, 6) is 2.30. The molecule has 0 amide bonds. The van der Waals surface area contributed by atoms with Gasteiger partial charge in [0.25, 0.3) is 0 Å². The van der Waals surface area contributed by atoms with E-state index in [9.17, 15) is 0 Å². The Balaban J connectivity index is 1.41. The van der Waals surface area contributed by atoms with Crippen molar-refractivity contribution in [1.82, 2.24) is 20.1 Å². The molecule has 1 fully saturated rings. The van der Waals surface area contributed by atoms with Gasteiger partial charge in [-0.25, -0.2) is 4.98 Å². The maximum atomic E-state index is 5.95. The van der Waals surface area contributed by atoms with Crippen molar-refractivity contribution >= 4 is 5.82 Å². The van der Waals surface area contributed by atoms with Gasteiger partial charge >= 0.3 is 0 Å². The second-order valence-electron chi connectivity index (χ2n) is 6.70. The largest absolute Gasteiger partial charge is 0.419 e. The third kappa shape index (κ3) is 3.46. The number of aryl methyl sites for hydroxylation is 1. The molecule has 3 aromatic rings.